The van der Waals surface area contributed by atoms with Crippen molar-refractivity contribution in [2.75, 3.05) is 6.61 Å². The Kier molecular flexibility index (Phi) is 4.22. The van der Waals surface area contributed by atoms with Crippen LogP contribution in [0.3, 0.4) is 0 Å². The van der Waals surface area contributed by atoms with Gasteiger partial charge in [0, 0.05) is 0 Å². The van der Waals surface area contributed by atoms with E-state index in [9.17, 15) is 13.2 Å². The van der Waals surface area contributed by atoms with Crippen molar-refractivity contribution in [1.82, 2.24) is 0 Å². The van der Waals surface area contributed by atoms with Gasteiger partial charge in [0.15, 0.2) is 0 Å². The van der Waals surface area contributed by atoms with Crippen LogP contribution in [0.2, 0.25) is 0 Å². The lowest BCUT2D eigenvalue weighted by Gasteiger charge is -2.22. The van der Waals surface area contributed by atoms with Crippen LogP contribution in [0, 0.1) is 0 Å². The minimum Gasteiger partial charge on any atom is -0.394 e. The Morgan fingerprint density at radius 1 is 1.18 bits per heavy atom. The molecule has 1 unspecified atom stereocenters. The summed E-state index contributed by atoms with van der Waals surface area (Å²) in [7, 11) is 0. The van der Waals surface area contributed by atoms with E-state index < -0.39 is 24.7 Å². The van der Waals surface area contributed by atoms with Gasteiger partial charge < -0.3 is 5.11 Å². The fourth-order valence-corrected chi connectivity index (χ4v) is 1.23. The van der Waals surface area contributed by atoms with E-state index in [-0.39, 0.29) is 0 Å². The Hall–Kier alpha value is -1.43. The summed E-state index contributed by atoms with van der Waals surface area (Å²) in [6.45, 7) is 0.510. The second kappa shape index (κ2) is 5.27. The van der Waals surface area contributed by atoms with Crippen LogP contribution < -0.4 is 0 Å². The van der Waals surface area contributed by atoms with Gasteiger partial charge in [-0.3, -0.25) is 0 Å². The number of hydrogen-bond acceptors (Lipinski definition) is 3. The first-order chi connectivity index (χ1) is 7.85. The number of aliphatic hydroxyl groups excluding tert-OH is 1. The van der Waals surface area contributed by atoms with E-state index in [2.05, 4.69) is 10.2 Å². The number of hydrogen-bond donors (Lipinski definition) is 1. The van der Waals surface area contributed by atoms with Gasteiger partial charge in [0.1, 0.15) is 5.54 Å². The van der Waals surface area contributed by atoms with Crippen molar-refractivity contribution in [2.45, 2.75) is 25.1 Å². The minimum absolute atomic E-state index is 0.453. The van der Waals surface area contributed by atoms with Crippen molar-refractivity contribution in [3.05, 3.63) is 30.3 Å². The molecule has 0 radical (unpaired) electrons. The molecular weight excluding hydrogens is 233 g/mol. The highest BCUT2D eigenvalue weighted by Crippen LogP contribution is 2.30. The SMILES string of the molecule is CC(CO)(CC(F)(F)F)/N=N/c1ccccc1. The average Bonchev–Trinajstić information content (AvgIpc) is 2.26. The predicted octanol–water partition coefficient (Wildman–Crippen LogP) is 3.47. The molecule has 0 spiro atoms. The Morgan fingerprint density at radius 3 is 2.24 bits per heavy atom. The molecule has 6 heteroatoms. The summed E-state index contributed by atoms with van der Waals surface area (Å²) in [5.74, 6) is 0. The zero-order chi connectivity index (χ0) is 12.9. The molecule has 94 valence electrons. The maximum atomic E-state index is 12.3. The third-order valence-corrected chi connectivity index (χ3v) is 2.08. The van der Waals surface area contributed by atoms with Gasteiger partial charge in [-0.25, -0.2) is 0 Å². The first kappa shape index (κ1) is 13.6. The maximum Gasteiger partial charge on any atom is 0.391 e. The van der Waals surface area contributed by atoms with E-state index in [4.69, 9.17) is 5.11 Å². The summed E-state index contributed by atoms with van der Waals surface area (Å²) in [6, 6.07) is 8.41. The number of azo groups is 1. The summed E-state index contributed by atoms with van der Waals surface area (Å²) in [5.41, 5.74) is -1.18. The van der Waals surface area contributed by atoms with E-state index in [1.54, 1.807) is 30.3 Å². The van der Waals surface area contributed by atoms with Crippen molar-refractivity contribution in [2.24, 2.45) is 10.2 Å². The number of aliphatic hydroxyl groups is 1. The number of rotatable bonds is 4. The Balaban J connectivity index is 2.79. The molecule has 0 bridgehead atoms. The fraction of sp³-hybridized carbons (Fsp3) is 0.455. The van der Waals surface area contributed by atoms with E-state index in [0.29, 0.717) is 5.69 Å². The molecule has 0 amide bonds. The van der Waals surface area contributed by atoms with Crippen molar-refractivity contribution in [1.29, 1.82) is 0 Å². The summed E-state index contributed by atoms with van der Waals surface area (Å²) >= 11 is 0. The second-order valence-electron chi connectivity index (χ2n) is 3.98. The third kappa shape index (κ3) is 4.95. The fourth-order valence-electron chi connectivity index (χ4n) is 1.23. The van der Waals surface area contributed by atoms with E-state index in [1.165, 1.54) is 6.92 Å². The van der Waals surface area contributed by atoms with Crippen LogP contribution in [-0.2, 0) is 0 Å². The summed E-state index contributed by atoms with van der Waals surface area (Å²) in [6.07, 6.45) is -5.58. The smallest absolute Gasteiger partial charge is 0.391 e. The molecule has 0 saturated carbocycles. The molecule has 17 heavy (non-hydrogen) atoms. The van der Waals surface area contributed by atoms with Crippen LogP contribution in [0.5, 0.6) is 0 Å². The molecule has 0 fully saturated rings. The van der Waals surface area contributed by atoms with Crippen LogP contribution in [0.1, 0.15) is 13.3 Å². The Bertz CT molecular complexity index is 378. The molecule has 1 rings (SSSR count). The van der Waals surface area contributed by atoms with Gasteiger partial charge in [-0.05, 0) is 19.1 Å². The Labute approximate surface area is 97.0 Å². The predicted molar refractivity (Wildman–Crippen MR) is 57.1 cm³/mol. The van der Waals surface area contributed by atoms with Crippen molar-refractivity contribution in [3.8, 4) is 0 Å². The third-order valence-electron chi connectivity index (χ3n) is 2.08. The molecule has 0 saturated heterocycles. The number of benzene rings is 1. The van der Waals surface area contributed by atoms with Gasteiger partial charge in [0.25, 0.3) is 0 Å². The quantitative estimate of drug-likeness (QED) is 0.812. The van der Waals surface area contributed by atoms with Crippen molar-refractivity contribution >= 4 is 5.69 Å². The van der Waals surface area contributed by atoms with Crippen molar-refractivity contribution < 1.29 is 18.3 Å². The van der Waals surface area contributed by atoms with E-state index in [1.807, 2.05) is 0 Å². The van der Waals surface area contributed by atoms with Gasteiger partial charge in [0.2, 0.25) is 0 Å². The molecule has 1 N–H and O–H groups in total. The van der Waals surface area contributed by atoms with Crippen molar-refractivity contribution in [3.63, 3.8) is 0 Å². The van der Waals surface area contributed by atoms with Crippen LogP contribution >= 0.6 is 0 Å². The average molecular weight is 246 g/mol. The lowest BCUT2D eigenvalue weighted by molar-refractivity contribution is -0.149. The maximum absolute atomic E-state index is 12.3. The number of alkyl halides is 3. The molecule has 1 atom stereocenters. The van der Waals surface area contributed by atoms with Gasteiger partial charge in [-0.15, -0.1) is 0 Å². The highest BCUT2D eigenvalue weighted by Gasteiger charge is 2.39. The molecule has 1 aromatic carbocycles. The first-order valence-corrected chi connectivity index (χ1v) is 5.00. The summed E-state index contributed by atoms with van der Waals surface area (Å²) in [4.78, 5) is 0. The lowest BCUT2D eigenvalue weighted by Crippen LogP contribution is -2.33. The van der Waals surface area contributed by atoms with Gasteiger partial charge >= 0.3 is 6.18 Å². The Morgan fingerprint density at radius 2 is 1.76 bits per heavy atom. The zero-order valence-corrected chi connectivity index (χ0v) is 9.28. The van der Waals surface area contributed by atoms with Crippen LogP contribution in [0.15, 0.2) is 40.6 Å². The molecular formula is C11H13F3N2O. The zero-order valence-electron chi connectivity index (χ0n) is 9.28. The first-order valence-electron chi connectivity index (χ1n) is 5.00. The lowest BCUT2D eigenvalue weighted by atomic mass is 10.0. The van der Waals surface area contributed by atoms with Crippen LogP contribution in [0.25, 0.3) is 0 Å². The van der Waals surface area contributed by atoms with Crippen LogP contribution in [0.4, 0.5) is 18.9 Å². The topological polar surface area (TPSA) is 45.0 Å². The van der Waals surface area contributed by atoms with Gasteiger partial charge in [0.05, 0.1) is 18.7 Å². The molecule has 0 aliphatic carbocycles. The molecule has 3 nitrogen and oxygen atoms in total. The highest BCUT2D eigenvalue weighted by molar-refractivity contribution is 5.34. The summed E-state index contributed by atoms with van der Waals surface area (Å²) in [5, 5.41) is 16.3. The monoisotopic (exact) mass is 246 g/mol. The largest absolute Gasteiger partial charge is 0.394 e. The van der Waals surface area contributed by atoms with E-state index in [0.717, 1.165) is 0 Å². The molecule has 0 aromatic heterocycles. The molecule has 0 aliphatic rings. The van der Waals surface area contributed by atoms with E-state index >= 15 is 0 Å². The standard InChI is InChI=1S/C11H13F3N2O/c1-10(8-17,7-11(12,13)14)16-15-9-5-3-2-4-6-9/h2-6,17H,7-8H2,1H3/b16-15+. The minimum atomic E-state index is -4.38. The van der Waals surface area contributed by atoms with Gasteiger partial charge in [-0.2, -0.15) is 23.4 Å². The highest BCUT2D eigenvalue weighted by atomic mass is 19.4. The number of halogens is 3. The molecule has 0 aliphatic heterocycles. The normalized spacial score (nSPS) is 16.1. The number of nitrogens with zero attached hydrogens (tertiary/aromatic N) is 2. The molecule has 0 heterocycles. The molecule has 1 aromatic rings. The second-order valence-corrected chi connectivity index (χ2v) is 3.98. The van der Waals surface area contributed by atoms with Crippen LogP contribution in [-0.4, -0.2) is 23.4 Å². The summed E-state index contributed by atoms with van der Waals surface area (Å²) < 4.78 is 36.8. The van der Waals surface area contributed by atoms with Gasteiger partial charge in [-0.1, -0.05) is 18.2 Å².